The van der Waals surface area contributed by atoms with Gasteiger partial charge < -0.3 is 5.32 Å². The van der Waals surface area contributed by atoms with Gasteiger partial charge in [0, 0.05) is 16.6 Å². The molecule has 0 radical (unpaired) electrons. The zero-order valence-electron chi connectivity index (χ0n) is 12.9. The van der Waals surface area contributed by atoms with E-state index in [1.165, 1.54) is 11.3 Å². The van der Waals surface area contributed by atoms with Crippen LogP contribution in [0.15, 0.2) is 60.8 Å². The van der Waals surface area contributed by atoms with E-state index in [-0.39, 0.29) is 11.8 Å². The summed E-state index contributed by atoms with van der Waals surface area (Å²) < 4.78 is 0. The van der Waals surface area contributed by atoms with Gasteiger partial charge in [0.05, 0.1) is 11.3 Å². The number of thiazole rings is 1. The lowest BCUT2D eigenvalue weighted by molar-refractivity contribution is 0.102. The van der Waals surface area contributed by atoms with Gasteiger partial charge in [0.15, 0.2) is 5.13 Å². The Morgan fingerprint density at radius 3 is 2.33 bits per heavy atom. The first-order valence-electron chi connectivity index (χ1n) is 7.33. The molecule has 3 rings (SSSR count). The summed E-state index contributed by atoms with van der Waals surface area (Å²) in [4.78, 5) is 29.9. The maximum absolute atomic E-state index is 12.5. The molecular formula is C18H15N3O2S. The smallest absolute Gasteiger partial charge is 0.259 e. The Morgan fingerprint density at radius 1 is 0.917 bits per heavy atom. The van der Waals surface area contributed by atoms with Gasteiger partial charge in [0.1, 0.15) is 0 Å². The molecule has 5 nitrogen and oxygen atoms in total. The van der Waals surface area contributed by atoms with Crippen LogP contribution in [-0.4, -0.2) is 16.8 Å². The highest BCUT2D eigenvalue weighted by Gasteiger charge is 2.15. The van der Waals surface area contributed by atoms with Crippen LogP contribution >= 0.6 is 11.3 Å². The Bertz CT molecular complexity index is 875. The molecule has 2 amide bonds. The van der Waals surface area contributed by atoms with E-state index in [9.17, 15) is 9.59 Å². The van der Waals surface area contributed by atoms with Crippen molar-refractivity contribution in [1.29, 1.82) is 0 Å². The van der Waals surface area contributed by atoms with Crippen LogP contribution in [0.25, 0.3) is 0 Å². The second-order valence-corrected chi connectivity index (χ2v) is 6.33. The molecule has 1 aromatic heterocycles. The van der Waals surface area contributed by atoms with Crippen molar-refractivity contribution in [3.05, 3.63) is 76.8 Å². The number of benzene rings is 2. The maximum Gasteiger partial charge on any atom is 0.259 e. The minimum absolute atomic E-state index is 0.263. The van der Waals surface area contributed by atoms with Crippen molar-refractivity contribution in [2.75, 3.05) is 10.6 Å². The second kappa shape index (κ2) is 7.06. The number of rotatable bonds is 4. The van der Waals surface area contributed by atoms with Crippen LogP contribution in [0.4, 0.5) is 10.8 Å². The van der Waals surface area contributed by atoms with E-state index in [1.807, 2.05) is 13.0 Å². The highest BCUT2D eigenvalue weighted by molar-refractivity contribution is 7.15. The predicted molar refractivity (Wildman–Crippen MR) is 95.6 cm³/mol. The minimum Gasteiger partial charge on any atom is -0.321 e. The molecule has 0 bridgehead atoms. The SMILES string of the molecule is Cc1cnc(NC(=O)c2ccccc2NC(=O)c2ccccc2)s1. The average molecular weight is 337 g/mol. The van der Waals surface area contributed by atoms with Crippen molar-refractivity contribution in [3.8, 4) is 0 Å². The third-order valence-electron chi connectivity index (χ3n) is 3.30. The number of aryl methyl sites for hydroxylation is 1. The molecule has 1 heterocycles. The van der Waals surface area contributed by atoms with Crippen molar-refractivity contribution >= 4 is 34.0 Å². The predicted octanol–water partition coefficient (Wildman–Crippen LogP) is 3.96. The van der Waals surface area contributed by atoms with Crippen molar-refractivity contribution < 1.29 is 9.59 Å². The zero-order chi connectivity index (χ0) is 16.9. The molecule has 0 unspecified atom stereocenters. The van der Waals surface area contributed by atoms with Crippen LogP contribution in [0.2, 0.25) is 0 Å². The van der Waals surface area contributed by atoms with E-state index in [0.717, 1.165) is 4.88 Å². The fourth-order valence-electron chi connectivity index (χ4n) is 2.15. The van der Waals surface area contributed by atoms with Gasteiger partial charge in [-0.25, -0.2) is 4.98 Å². The first-order valence-corrected chi connectivity index (χ1v) is 8.14. The molecule has 2 aromatic carbocycles. The van der Waals surface area contributed by atoms with Crippen LogP contribution in [0, 0.1) is 6.92 Å². The molecule has 0 fully saturated rings. The number of para-hydroxylation sites is 1. The van der Waals surface area contributed by atoms with Crippen LogP contribution in [0.5, 0.6) is 0 Å². The van der Waals surface area contributed by atoms with Gasteiger partial charge in [-0.15, -0.1) is 11.3 Å². The number of carbonyl (C=O) groups is 2. The molecule has 0 atom stereocenters. The summed E-state index contributed by atoms with van der Waals surface area (Å²) in [6, 6.07) is 15.7. The highest BCUT2D eigenvalue weighted by Crippen LogP contribution is 2.21. The van der Waals surface area contributed by atoms with Crippen molar-refractivity contribution in [3.63, 3.8) is 0 Å². The summed E-state index contributed by atoms with van der Waals surface area (Å²) in [5.74, 6) is -0.575. The van der Waals surface area contributed by atoms with Gasteiger partial charge in [-0.1, -0.05) is 30.3 Å². The van der Waals surface area contributed by atoms with Crippen LogP contribution in [0.1, 0.15) is 25.6 Å². The summed E-state index contributed by atoms with van der Waals surface area (Å²) in [6.07, 6.45) is 1.70. The molecular weight excluding hydrogens is 322 g/mol. The Morgan fingerprint density at radius 2 is 1.62 bits per heavy atom. The van der Waals surface area contributed by atoms with E-state index in [4.69, 9.17) is 0 Å². The number of nitrogens with zero attached hydrogens (tertiary/aromatic N) is 1. The van der Waals surface area contributed by atoms with Gasteiger partial charge in [0.25, 0.3) is 11.8 Å². The van der Waals surface area contributed by atoms with Gasteiger partial charge >= 0.3 is 0 Å². The fraction of sp³-hybridized carbons (Fsp3) is 0.0556. The van der Waals surface area contributed by atoms with Crippen molar-refractivity contribution in [2.24, 2.45) is 0 Å². The summed E-state index contributed by atoms with van der Waals surface area (Å²) in [5.41, 5.74) is 1.37. The molecule has 0 spiro atoms. The third kappa shape index (κ3) is 3.67. The zero-order valence-corrected chi connectivity index (χ0v) is 13.8. The highest BCUT2D eigenvalue weighted by atomic mass is 32.1. The summed E-state index contributed by atoms with van der Waals surface area (Å²) in [6.45, 7) is 1.92. The molecule has 24 heavy (non-hydrogen) atoms. The van der Waals surface area contributed by atoms with Crippen LogP contribution < -0.4 is 10.6 Å². The number of amides is 2. The van der Waals surface area contributed by atoms with Gasteiger partial charge in [-0.05, 0) is 31.2 Å². The van der Waals surface area contributed by atoms with Crippen LogP contribution in [-0.2, 0) is 0 Å². The lowest BCUT2D eigenvalue weighted by Gasteiger charge is -2.10. The Labute approximate surface area is 143 Å². The summed E-state index contributed by atoms with van der Waals surface area (Å²) in [5, 5.41) is 6.06. The third-order valence-corrected chi connectivity index (χ3v) is 4.13. The quantitative estimate of drug-likeness (QED) is 0.757. The molecule has 2 N–H and O–H groups in total. The largest absolute Gasteiger partial charge is 0.321 e. The Hall–Kier alpha value is -2.99. The maximum atomic E-state index is 12.5. The molecule has 6 heteroatoms. The van der Waals surface area contributed by atoms with Gasteiger partial charge in [0.2, 0.25) is 0 Å². The lowest BCUT2D eigenvalue weighted by atomic mass is 10.1. The first kappa shape index (κ1) is 15.9. The van der Waals surface area contributed by atoms with E-state index in [1.54, 1.807) is 54.7 Å². The molecule has 0 aliphatic rings. The number of nitrogens with one attached hydrogen (secondary N) is 2. The Balaban J connectivity index is 1.80. The molecule has 0 saturated heterocycles. The van der Waals surface area contributed by atoms with Crippen molar-refractivity contribution in [2.45, 2.75) is 6.92 Å². The van der Waals surface area contributed by atoms with E-state index < -0.39 is 0 Å². The van der Waals surface area contributed by atoms with Crippen molar-refractivity contribution in [1.82, 2.24) is 4.98 Å². The monoisotopic (exact) mass is 337 g/mol. The van der Waals surface area contributed by atoms with Crippen LogP contribution in [0.3, 0.4) is 0 Å². The number of hydrogen-bond donors (Lipinski definition) is 2. The number of hydrogen-bond acceptors (Lipinski definition) is 4. The standard InChI is InChI=1S/C18H15N3O2S/c1-12-11-19-18(24-12)21-17(23)14-9-5-6-10-15(14)20-16(22)13-7-3-2-4-8-13/h2-11H,1H3,(H,20,22)(H,19,21,23). The van der Waals surface area contributed by atoms with E-state index in [0.29, 0.717) is 21.9 Å². The summed E-state index contributed by atoms with van der Waals surface area (Å²) in [7, 11) is 0. The molecule has 0 aliphatic heterocycles. The first-order chi connectivity index (χ1) is 11.6. The number of carbonyl (C=O) groups excluding carboxylic acids is 2. The average Bonchev–Trinajstić information content (AvgIpc) is 3.01. The lowest BCUT2D eigenvalue weighted by Crippen LogP contribution is -2.18. The van der Waals surface area contributed by atoms with E-state index in [2.05, 4.69) is 15.6 Å². The topological polar surface area (TPSA) is 71.1 Å². The van der Waals surface area contributed by atoms with Gasteiger partial charge in [-0.3, -0.25) is 14.9 Å². The Kier molecular flexibility index (Phi) is 4.67. The number of aromatic nitrogens is 1. The number of anilines is 2. The van der Waals surface area contributed by atoms with Gasteiger partial charge in [-0.2, -0.15) is 0 Å². The normalized spacial score (nSPS) is 10.2. The summed E-state index contributed by atoms with van der Waals surface area (Å²) >= 11 is 1.40. The molecule has 0 aliphatic carbocycles. The second-order valence-electron chi connectivity index (χ2n) is 5.10. The minimum atomic E-state index is -0.312. The fourth-order valence-corrected chi connectivity index (χ4v) is 2.81. The molecule has 120 valence electrons. The molecule has 3 aromatic rings. The molecule has 0 saturated carbocycles. The van der Waals surface area contributed by atoms with E-state index >= 15 is 0 Å².